The van der Waals surface area contributed by atoms with Gasteiger partial charge in [0.2, 0.25) is 5.79 Å². The van der Waals surface area contributed by atoms with Crippen LogP contribution < -0.4 is 4.74 Å². The molecule has 4 nitrogen and oxygen atoms in total. The van der Waals surface area contributed by atoms with Crippen LogP contribution in [0.25, 0.3) is 5.57 Å². The van der Waals surface area contributed by atoms with Crippen molar-refractivity contribution >= 4 is 11.5 Å². The standard InChI is InChI=1S/C22H28O4/c1-22-18(13-14-19(25-22)15-7-5-3-4-6-8-15)20(21(23)26-22)16-9-11-17(24-2)12-10-16/h9-12,15,19H,3-8,13-14H2,1-2H3/t19?,22-/m0/s1. The molecule has 2 aliphatic heterocycles. The number of carbonyl (C=O) groups is 1. The minimum absolute atomic E-state index is 0.199. The highest BCUT2D eigenvalue weighted by Gasteiger charge is 2.50. The van der Waals surface area contributed by atoms with E-state index in [2.05, 4.69) is 0 Å². The lowest BCUT2D eigenvalue weighted by atomic mass is 9.84. The molecule has 1 saturated heterocycles. The van der Waals surface area contributed by atoms with Crippen molar-refractivity contribution in [2.24, 2.45) is 5.92 Å². The van der Waals surface area contributed by atoms with Gasteiger partial charge in [0, 0.05) is 12.5 Å². The lowest BCUT2D eigenvalue weighted by molar-refractivity contribution is -0.231. The fourth-order valence-corrected chi connectivity index (χ4v) is 4.79. The Balaban J connectivity index is 1.59. The summed E-state index contributed by atoms with van der Waals surface area (Å²) in [7, 11) is 1.64. The van der Waals surface area contributed by atoms with Gasteiger partial charge in [0.15, 0.2) is 0 Å². The molecule has 1 aromatic carbocycles. The number of carbonyl (C=O) groups excluding carboxylic acids is 1. The molecule has 26 heavy (non-hydrogen) atoms. The smallest absolute Gasteiger partial charge is 0.341 e. The highest BCUT2D eigenvalue weighted by Crippen LogP contribution is 2.47. The lowest BCUT2D eigenvalue weighted by Crippen LogP contribution is -2.43. The summed E-state index contributed by atoms with van der Waals surface area (Å²) in [5.41, 5.74) is 2.55. The van der Waals surface area contributed by atoms with Gasteiger partial charge in [-0.3, -0.25) is 0 Å². The molecule has 2 fully saturated rings. The van der Waals surface area contributed by atoms with E-state index in [9.17, 15) is 4.79 Å². The Morgan fingerprint density at radius 1 is 1.04 bits per heavy atom. The Labute approximate surface area is 155 Å². The highest BCUT2D eigenvalue weighted by atomic mass is 16.7. The van der Waals surface area contributed by atoms with Gasteiger partial charge >= 0.3 is 5.97 Å². The topological polar surface area (TPSA) is 44.8 Å². The highest BCUT2D eigenvalue weighted by molar-refractivity contribution is 6.20. The van der Waals surface area contributed by atoms with Gasteiger partial charge in [-0.1, -0.05) is 37.8 Å². The Morgan fingerprint density at radius 2 is 1.73 bits per heavy atom. The molecule has 4 rings (SSSR count). The first kappa shape index (κ1) is 17.6. The minimum Gasteiger partial charge on any atom is -0.497 e. The van der Waals surface area contributed by atoms with Crippen molar-refractivity contribution in [2.45, 2.75) is 70.2 Å². The molecule has 4 heteroatoms. The number of hydrogen-bond donors (Lipinski definition) is 0. The maximum absolute atomic E-state index is 12.6. The number of esters is 1. The molecule has 2 atom stereocenters. The van der Waals surface area contributed by atoms with Crippen molar-refractivity contribution in [2.75, 3.05) is 7.11 Å². The van der Waals surface area contributed by atoms with E-state index < -0.39 is 5.79 Å². The van der Waals surface area contributed by atoms with E-state index >= 15 is 0 Å². The molecule has 0 amide bonds. The number of ether oxygens (including phenoxy) is 3. The summed E-state index contributed by atoms with van der Waals surface area (Å²) in [6, 6.07) is 7.60. The summed E-state index contributed by atoms with van der Waals surface area (Å²) in [4.78, 5) is 12.6. The van der Waals surface area contributed by atoms with E-state index in [1.807, 2.05) is 31.2 Å². The van der Waals surface area contributed by atoms with Gasteiger partial charge in [-0.2, -0.15) is 0 Å². The third-order valence-electron chi connectivity index (χ3n) is 6.20. The number of fused-ring (bicyclic) bond motifs is 1. The lowest BCUT2D eigenvalue weighted by Gasteiger charge is -2.39. The zero-order chi connectivity index (χ0) is 18.1. The van der Waals surface area contributed by atoms with Crippen LogP contribution in [0.3, 0.4) is 0 Å². The number of rotatable bonds is 3. The normalized spacial score (nSPS) is 29.9. The predicted molar refractivity (Wildman–Crippen MR) is 99.7 cm³/mol. The number of hydrogen-bond acceptors (Lipinski definition) is 4. The van der Waals surface area contributed by atoms with Crippen molar-refractivity contribution < 1.29 is 19.0 Å². The van der Waals surface area contributed by atoms with Gasteiger partial charge in [-0.25, -0.2) is 4.79 Å². The Kier molecular flexibility index (Phi) is 4.78. The molecule has 0 radical (unpaired) electrons. The van der Waals surface area contributed by atoms with Gasteiger partial charge in [-0.15, -0.1) is 0 Å². The Morgan fingerprint density at radius 3 is 2.38 bits per heavy atom. The molecule has 2 heterocycles. The summed E-state index contributed by atoms with van der Waals surface area (Å²) in [6.07, 6.45) is 9.77. The Bertz CT molecular complexity index is 697. The molecule has 0 aromatic heterocycles. The van der Waals surface area contributed by atoms with Crippen LogP contribution in [0.2, 0.25) is 0 Å². The van der Waals surface area contributed by atoms with Gasteiger partial charge in [0.05, 0.1) is 18.8 Å². The summed E-state index contributed by atoms with van der Waals surface area (Å²) < 4.78 is 17.4. The largest absolute Gasteiger partial charge is 0.497 e. The van der Waals surface area contributed by atoms with Crippen LogP contribution in [0.1, 0.15) is 63.9 Å². The van der Waals surface area contributed by atoms with Crippen LogP contribution in [0.15, 0.2) is 29.8 Å². The molecule has 1 unspecified atom stereocenters. The van der Waals surface area contributed by atoms with Crippen molar-refractivity contribution in [1.82, 2.24) is 0 Å². The minimum atomic E-state index is -0.901. The summed E-state index contributed by atoms with van der Waals surface area (Å²) >= 11 is 0. The third kappa shape index (κ3) is 3.16. The van der Waals surface area contributed by atoms with Gasteiger partial charge in [-0.05, 0) is 49.3 Å². The maximum Gasteiger partial charge on any atom is 0.341 e. The fraction of sp³-hybridized carbons (Fsp3) is 0.591. The number of methoxy groups -OCH3 is 1. The molecule has 140 valence electrons. The van der Waals surface area contributed by atoms with E-state index in [1.54, 1.807) is 7.11 Å². The molecular weight excluding hydrogens is 328 g/mol. The van der Waals surface area contributed by atoms with E-state index in [1.165, 1.54) is 38.5 Å². The molecule has 1 saturated carbocycles. The van der Waals surface area contributed by atoms with Crippen LogP contribution in [-0.4, -0.2) is 25.0 Å². The van der Waals surface area contributed by atoms with Gasteiger partial charge in [0.1, 0.15) is 5.75 Å². The van der Waals surface area contributed by atoms with Gasteiger partial charge in [0.25, 0.3) is 0 Å². The SMILES string of the molecule is COc1ccc(C2=C3CCC(C4CCCCCC4)O[C@@]3(C)OC2=O)cc1. The third-order valence-corrected chi connectivity index (χ3v) is 6.20. The monoisotopic (exact) mass is 356 g/mol. The van der Waals surface area contributed by atoms with Crippen molar-refractivity contribution in [3.05, 3.63) is 35.4 Å². The van der Waals surface area contributed by atoms with Crippen molar-refractivity contribution in [3.63, 3.8) is 0 Å². The quantitative estimate of drug-likeness (QED) is 0.572. The molecule has 1 aliphatic carbocycles. The first-order valence-electron chi connectivity index (χ1n) is 9.90. The van der Waals surface area contributed by atoms with E-state index in [0.717, 1.165) is 29.7 Å². The molecule has 1 aromatic rings. The second-order valence-electron chi connectivity index (χ2n) is 7.86. The molecule has 3 aliphatic rings. The van der Waals surface area contributed by atoms with E-state index in [4.69, 9.17) is 14.2 Å². The predicted octanol–water partition coefficient (Wildman–Crippen LogP) is 4.87. The summed E-state index contributed by atoms with van der Waals surface area (Å²) in [5.74, 6) is 0.206. The van der Waals surface area contributed by atoms with Crippen LogP contribution in [-0.2, 0) is 14.3 Å². The summed E-state index contributed by atoms with van der Waals surface area (Å²) in [5, 5.41) is 0. The maximum atomic E-state index is 12.6. The molecular formula is C22H28O4. The first-order chi connectivity index (χ1) is 12.6. The zero-order valence-electron chi connectivity index (χ0n) is 15.8. The average Bonchev–Trinajstić information content (AvgIpc) is 2.81. The second-order valence-corrected chi connectivity index (χ2v) is 7.86. The molecule has 0 spiro atoms. The van der Waals surface area contributed by atoms with Crippen molar-refractivity contribution in [1.29, 1.82) is 0 Å². The van der Waals surface area contributed by atoms with Gasteiger partial charge < -0.3 is 14.2 Å². The average molecular weight is 356 g/mol. The van der Waals surface area contributed by atoms with Crippen LogP contribution in [0, 0.1) is 5.92 Å². The molecule has 0 N–H and O–H groups in total. The molecule has 0 bridgehead atoms. The van der Waals surface area contributed by atoms with E-state index in [0.29, 0.717) is 11.5 Å². The van der Waals surface area contributed by atoms with Crippen molar-refractivity contribution in [3.8, 4) is 5.75 Å². The van der Waals surface area contributed by atoms with Crippen LogP contribution in [0.4, 0.5) is 0 Å². The second kappa shape index (κ2) is 7.07. The van der Waals surface area contributed by atoms with E-state index in [-0.39, 0.29) is 12.1 Å². The first-order valence-corrected chi connectivity index (χ1v) is 9.90. The fourth-order valence-electron chi connectivity index (χ4n) is 4.79. The number of benzene rings is 1. The summed E-state index contributed by atoms with van der Waals surface area (Å²) in [6.45, 7) is 1.92. The van der Waals surface area contributed by atoms with Crippen LogP contribution in [0.5, 0.6) is 5.75 Å². The van der Waals surface area contributed by atoms with Crippen LogP contribution >= 0.6 is 0 Å². The Hall–Kier alpha value is -1.81. The zero-order valence-corrected chi connectivity index (χ0v) is 15.8.